The number of fused-ring (bicyclic) bond motifs is 1. The van der Waals surface area contributed by atoms with Crippen molar-refractivity contribution in [1.82, 2.24) is 0 Å². The van der Waals surface area contributed by atoms with Crippen LogP contribution in [-0.2, 0) is 10.2 Å². The number of aliphatic imine (C=N–C) groups is 1. The largest absolute Gasteiger partial charge is 0.496 e. The van der Waals surface area contributed by atoms with Crippen molar-refractivity contribution in [1.29, 1.82) is 0 Å². The summed E-state index contributed by atoms with van der Waals surface area (Å²) in [6.07, 6.45) is 5.87. The van der Waals surface area contributed by atoms with E-state index < -0.39 is 0 Å². The van der Waals surface area contributed by atoms with Crippen LogP contribution in [-0.4, -0.2) is 19.1 Å². The van der Waals surface area contributed by atoms with Crippen molar-refractivity contribution in [2.75, 3.05) is 7.11 Å². The summed E-state index contributed by atoms with van der Waals surface area (Å²) in [5.74, 6) is 1.03. The zero-order chi connectivity index (χ0) is 13.9. The van der Waals surface area contributed by atoms with E-state index in [9.17, 15) is 4.79 Å². The minimum Gasteiger partial charge on any atom is -0.496 e. The van der Waals surface area contributed by atoms with Crippen LogP contribution in [0.1, 0.15) is 31.7 Å². The molecule has 0 aromatic heterocycles. The van der Waals surface area contributed by atoms with Crippen LogP contribution in [0.5, 0.6) is 5.75 Å². The van der Waals surface area contributed by atoms with Crippen LogP contribution >= 0.6 is 0 Å². The number of hydrogen-bond donors (Lipinski definition) is 0. The number of nitrogens with zero attached hydrogens (tertiary/aromatic N) is 1. The summed E-state index contributed by atoms with van der Waals surface area (Å²) in [6.45, 7) is 5.46. The first-order valence-electron chi connectivity index (χ1n) is 6.46. The Morgan fingerprint density at radius 3 is 2.95 bits per heavy atom. The van der Waals surface area contributed by atoms with E-state index in [2.05, 4.69) is 11.6 Å². The van der Waals surface area contributed by atoms with Gasteiger partial charge in [-0.1, -0.05) is 12.1 Å². The van der Waals surface area contributed by atoms with E-state index >= 15 is 0 Å². The number of Topliss-reactive ketones (excluding diaryl/α,β-unsaturated/α-hetero) is 1. The number of ether oxygens (including phenoxy) is 1. The molecule has 100 valence electrons. The molecule has 0 saturated carbocycles. The van der Waals surface area contributed by atoms with Gasteiger partial charge in [0.15, 0.2) is 0 Å². The molecular formula is C16H19NO2. The van der Waals surface area contributed by atoms with E-state index in [0.29, 0.717) is 6.42 Å². The molecular weight excluding hydrogens is 238 g/mol. The molecule has 0 fully saturated rings. The van der Waals surface area contributed by atoms with Gasteiger partial charge in [-0.3, -0.25) is 4.99 Å². The molecule has 0 saturated heterocycles. The third-order valence-electron chi connectivity index (χ3n) is 3.60. The Labute approximate surface area is 114 Å². The lowest BCUT2D eigenvalue weighted by Crippen LogP contribution is -2.26. The second kappa shape index (κ2) is 5.39. The van der Waals surface area contributed by atoms with Crippen LogP contribution in [0, 0.1) is 0 Å². The van der Waals surface area contributed by atoms with Crippen molar-refractivity contribution in [3.63, 3.8) is 0 Å². The number of methoxy groups -OCH3 is 1. The number of carbonyl (C=O) groups is 1. The monoisotopic (exact) mass is 257 g/mol. The number of hydrogen-bond acceptors (Lipinski definition) is 3. The normalized spacial score (nSPS) is 20.1. The van der Waals surface area contributed by atoms with Crippen LogP contribution in [0.15, 0.2) is 35.8 Å². The zero-order valence-electron chi connectivity index (χ0n) is 11.5. The summed E-state index contributed by atoms with van der Waals surface area (Å²) in [7, 11) is 1.66. The molecule has 1 aromatic carbocycles. The minimum absolute atomic E-state index is 0.195. The number of ketones is 1. The van der Waals surface area contributed by atoms with Gasteiger partial charge in [-0.15, -0.1) is 6.58 Å². The van der Waals surface area contributed by atoms with E-state index in [4.69, 9.17) is 4.74 Å². The smallest absolute Gasteiger partial charge is 0.129 e. The van der Waals surface area contributed by atoms with Crippen molar-refractivity contribution in [2.24, 2.45) is 4.99 Å². The van der Waals surface area contributed by atoms with Crippen LogP contribution in [0.3, 0.4) is 0 Å². The van der Waals surface area contributed by atoms with Gasteiger partial charge >= 0.3 is 0 Å². The maximum absolute atomic E-state index is 11.3. The third-order valence-corrected chi connectivity index (χ3v) is 3.60. The molecule has 19 heavy (non-hydrogen) atoms. The predicted molar refractivity (Wildman–Crippen MR) is 77.6 cm³/mol. The molecule has 2 rings (SSSR count). The molecule has 1 atom stereocenters. The van der Waals surface area contributed by atoms with Gasteiger partial charge in [0.1, 0.15) is 11.5 Å². The van der Waals surface area contributed by atoms with Gasteiger partial charge in [-0.25, -0.2) is 0 Å². The lowest BCUT2D eigenvalue weighted by atomic mass is 9.75. The third kappa shape index (κ3) is 2.46. The van der Waals surface area contributed by atoms with Crippen molar-refractivity contribution in [3.8, 4) is 5.75 Å². The molecule has 1 aliphatic rings. The molecule has 0 spiro atoms. The molecule has 3 heteroatoms. The summed E-state index contributed by atoms with van der Waals surface area (Å²) >= 11 is 0. The van der Waals surface area contributed by atoms with Crippen molar-refractivity contribution in [2.45, 2.75) is 31.6 Å². The molecule has 0 unspecified atom stereocenters. The van der Waals surface area contributed by atoms with E-state index in [0.717, 1.165) is 29.8 Å². The van der Waals surface area contributed by atoms with Gasteiger partial charge in [0.05, 0.1) is 12.8 Å². The Morgan fingerprint density at radius 2 is 2.32 bits per heavy atom. The summed E-state index contributed by atoms with van der Waals surface area (Å²) in [5, 5.41) is 0. The standard InChI is InChI=1S/C16H19NO2/c1-4-9-16(10-8-12(2)18)11-17-13-6-5-7-14(19-3)15(13)16/h4-7,11H,1,8-10H2,2-3H3/t16-/m0/s1. The number of rotatable bonds is 6. The molecule has 0 amide bonds. The van der Waals surface area contributed by atoms with Gasteiger partial charge in [0.2, 0.25) is 0 Å². The Bertz CT molecular complexity index is 534. The predicted octanol–water partition coefficient (Wildman–Crippen LogP) is 3.59. The summed E-state index contributed by atoms with van der Waals surface area (Å²) < 4.78 is 5.47. The zero-order valence-corrected chi connectivity index (χ0v) is 11.5. The summed E-state index contributed by atoms with van der Waals surface area (Å²) in [4.78, 5) is 15.8. The average Bonchev–Trinajstić information content (AvgIpc) is 2.77. The average molecular weight is 257 g/mol. The fraction of sp³-hybridized carbons (Fsp3) is 0.375. The van der Waals surface area contributed by atoms with Crippen LogP contribution in [0.2, 0.25) is 0 Å². The first kappa shape index (κ1) is 13.5. The fourth-order valence-corrected chi connectivity index (χ4v) is 2.66. The molecule has 1 aromatic rings. The van der Waals surface area contributed by atoms with Gasteiger partial charge < -0.3 is 9.53 Å². The topological polar surface area (TPSA) is 38.7 Å². The van der Waals surface area contributed by atoms with Gasteiger partial charge in [-0.2, -0.15) is 0 Å². The van der Waals surface area contributed by atoms with Crippen LogP contribution < -0.4 is 4.74 Å². The SMILES string of the molecule is C=CC[C@]1(CCC(C)=O)C=Nc2cccc(OC)c21. The highest BCUT2D eigenvalue weighted by Crippen LogP contribution is 2.47. The van der Waals surface area contributed by atoms with Crippen molar-refractivity contribution >= 4 is 17.7 Å². The van der Waals surface area contributed by atoms with E-state index in [-0.39, 0.29) is 11.2 Å². The number of benzene rings is 1. The first-order valence-corrected chi connectivity index (χ1v) is 6.46. The second-order valence-electron chi connectivity index (χ2n) is 4.96. The van der Waals surface area contributed by atoms with Crippen LogP contribution in [0.25, 0.3) is 0 Å². The molecule has 3 nitrogen and oxygen atoms in total. The molecule has 0 radical (unpaired) electrons. The molecule has 0 aliphatic carbocycles. The molecule has 1 aliphatic heterocycles. The van der Waals surface area contributed by atoms with E-state index in [1.165, 1.54) is 0 Å². The van der Waals surface area contributed by atoms with Crippen molar-refractivity contribution < 1.29 is 9.53 Å². The Balaban J connectivity index is 2.46. The Morgan fingerprint density at radius 1 is 1.53 bits per heavy atom. The molecule has 0 N–H and O–H groups in total. The highest BCUT2D eigenvalue weighted by molar-refractivity contribution is 5.88. The fourth-order valence-electron chi connectivity index (χ4n) is 2.66. The van der Waals surface area contributed by atoms with E-state index in [1.54, 1.807) is 14.0 Å². The van der Waals surface area contributed by atoms with Gasteiger partial charge in [-0.05, 0) is 31.9 Å². The number of allylic oxidation sites excluding steroid dienone is 1. The minimum atomic E-state index is -0.255. The maximum Gasteiger partial charge on any atom is 0.129 e. The van der Waals surface area contributed by atoms with Gasteiger partial charge in [0.25, 0.3) is 0 Å². The highest BCUT2D eigenvalue weighted by Gasteiger charge is 2.37. The maximum atomic E-state index is 11.3. The second-order valence-corrected chi connectivity index (χ2v) is 4.96. The lowest BCUT2D eigenvalue weighted by Gasteiger charge is -2.27. The molecule has 0 bridgehead atoms. The Hall–Kier alpha value is -1.90. The van der Waals surface area contributed by atoms with Gasteiger partial charge in [0, 0.05) is 23.6 Å². The Kier molecular flexibility index (Phi) is 3.84. The molecule has 1 heterocycles. The number of carbonyl (C=O) groups excluding carboxylic acids is 1. The van der Waals surface area contributed by atoms with Crippen molar-refractivity contribution in [3.05, 3.63) is 36.4 Å². The lowest BCUT2D eigenvalue weighted by molar-refractivity contribution is -0.117. The highest BCUT2D eigenvalue weighted by atomic mass is 16.5. The quantitative estimate of drug-likeness (QED) is 0.730. The summed E-state index contributed by atoms with van der Waals surface area (Å²) in [6, 6.07) is 5.86. The summed E-state index contributed by atoms with van der Waals surface area (Å²) in [5.41, 5.74) is 1.76. The first-order chi connectivity index (χ1) is 9.13. The van der Waals surface area contributed by atoms with E-state index in [1.807, 2.05) is 30.5 Å². The van der Waals surface area contributed by atoms with Crippen LogP contribution in [0.4, 0.5) is 5.69 Å².